The van der Waals surface area contributed by atoms with E-state index in [-0.39, 0.29) is 30.3 Å². The molecule has 1 N–H and O–H groups in total. The number of likely N-dealkylation sites (N-methyl/N-ethyl adjacent to an activating group) is 1. The van der Waals surface area contributed by atoms with Crippen LogP contribution in [0, 0.1) is 29.6 Å². The van der Waals surface area contributed by atoms with Crippen molar-refractivity contribution >= 4 is 23.9 Å². The van der Waals surface area contributed by atoms with Crippen LogP contribution in [-0.2, 0) is 42.8 Å². The summed E-state index contributed by atoms with van der Waals surface area (Å²) in [5.41, 5.74) is -1.39. The van der Waals surface area contributed by atoms with E-state index < -0.39 is 84.2 Å². The van der Waals surface area contributed by atoms with Gasteiger partial charge in [0.2, 0.25) is 0 Å². The number of carbonyl (C=O) groups is 4. The molecule has 0 amide bonds. The van der Waals surface area contributed by atoms with Gasteiger partial charge in [-0.1, -0.05) is 34.6 Å². The molecule has 0 aliphatic carbocycles. The molecule has 2 unspecified atom stereocenters. The smallest absolute Gasteiger partial charge is 0.458 e. The van der Waals surface area contributed by atoms with E-state index in [1.54, 1.807) is 34.6 Å². The van der Waals surface area contributed by atoms with Crippen molar-refractivity contribution in [2.24, 2.45) is 29.6 Å². The molecule has 3 aliphatic rings. The van der Waals surface area contributed by atoms with Gasteiger partial charge in [0, 0.05) is 18.8 Å². The largest absolute Gasteiger partial charge is 0.509 e. The first-order chi connectivity index (χ1) is 20.4. The highest BCUT2D eigenvalue weighted by molar-refractivity contribution is 5.84. The molecule has 44 heavy (non-hydrogen) atoms. The lowest BCUT2D eigenvalue weighted by atomic mass is 9.75. The second kappa shape index (κ2) is 14.4. The van der Waals surface area contributed by atoms with Gasteiger partial charge in [-0.15, -0.1) is 0 Å². The lowest BCUT2D eigenvalue weighted by molar-refractivity contribution is -0.286. The SMILES string of the molecule is CC[C@H]1OC(=O)[C@H](C)[C@@H](O)[C@H](C)[C@@H](OC2O[C@H](C)C[C@H](N(C)C)C2OC(C)=O)[C@@H](C)C[C@@H](C)C(=O)[C@H](C)[C@H]2OC(=O)O[C@@]21C. The lowest BCUT2D eigenvalue weighted by Gasteiger charge is -2.45. The predicted molar refractivity (Wildman–Crippen MR) is 158 cm³/mol. The van der Waals surface area contributed by atoms with Gasteiger partial charge in [0.25, 0.3) is 0 Å². The van der Waals surface area contributed by atoms with Crippen LogP contribution >= 0.6 is 0 Å². The Labute approximate surface area is 261 Å². The molecule has 0 bridgehead atoms. The molecule has 3 fully saturated rings. The predicted octanol–water partition coefficient (Wildman–Crippen LogP) is 3.50. The van der Waals surface area contributed by atoms with Crippen molar-refractivity contribution in [2.75, 3.05) is 14.1 Å². The number of fused-ring (bicyclic) bond motifs is 1. The van der Waals surface area contributed by atoms with E-state index >= 15 is 0 Å². The number of aliphatic hydroxyl groups excluding tert-OH is 1. The Balaban J connectivity index is 2.02. The van der Waals surface area contributed by atoms with Crippen LogP contribution < -0.4 is 0 Å². The number of hydrogen-bond acceptors (Lipinski definition) is 12. The maximum atomic E-state index is 13.8. The Morgan fingerprint density at radius 3 is 2.20 bits per heavy atom. The van der Waals surface area contributed by atoms with E-state index in [0.29, 0.717) is 12.8 Å². The maximum absolute atomic E-state index is 13.8. The molecular formula is C32H53NO11. The fourth-order valence-corrected chi connectivity index (χ4v) is 7.27. The van der Waals surface area contributed by atoms with Gasteiger partial charge in [-0.25, -0.2) is 4.79 Å². The number of carbonyl (C=O) groups excluding carboxylic acids is 4. The van der Waals surface area contributed by atoms with Crippen LogP contribution in [-0.4, -0.2) is 103 Å². The van der Waals surface area contributed by atoms with Crippen LogP contribution in [0.15, 0.2) is 0 Å². The molecular weight excluding hydrogens is 574 g/mol. The Morgan fingerprint density at radius 2 is 1.64 bits per heavy atom. The highest BCUT2D eigenvalue weighted by Gasteiger charge is 2.58. The highest BCUT2D eigenvalue weighted by Crippen LogP contribution is 2.41. The Hall–Kier alpha value is -2.28. The summed E-state index contributed by atoms with van der Waals surface area (Å²) in [5, 5.41) is 11.6. The van der Waals surface area contributed by atoms with Crippen LogP contribution in [0.4, 0.5) is 4.79 Å². The number of cyclic esters (lactones) is 1. The highest BCUT2D eigenvalue weighted by atomic mass is 16.8. The van der Waals surface area contributed by atoms with Crippen LogP contribution in [0.5, 0.6) is 0 Å². The zero-order valence-electron chi connectivity index (χ0n) is 28.1. The standard InChI is InChI=1S/C32H53NO11/c1-12-23-32(9)28(43-31(38)44-32)19(6)24(35)15(2)13-16(3)26(18(5)25(36)20(7)29(37)41-23)42-30-27(40-21(8)34)22(33(10)11)14-17(4)39-30/h15-20,22-23,25-28,30,36H,12-14H2,1-11H3/t15-,16+,17-,18+,19+,20-,22+,23-,25+,26+,27?,28-,30?,32-/m1/s1. The monoisotopic (exact) mass is 627 g/mol. The topological polar surface area (TPSA) is 147 Å². The first kappa shape index (κ1) is 36.2. The molecule has 14 atom stereocenters. The van der Waals surface area contributed by atoms with Crippen molar-refractivity contribution < 1.29 is 52.7 Å². The van der Waals surface area contributed by atoms with Gasteiger partial charge in [-0.2, -0.15) is 0 Å². The molecule has 0 aromatic rings. The van der Waals surface area contributed by atoms with Gasteiger partial charge < -0.3 is 38.4 Å². The van der Waals surface area contributed by atoms with Gasteiger partial charge in [0.1, 0.15) is 11.9 Å². The fourth-order valence-electron chi connectivity index (χ4n) is 7.27. The van der Waals surface area contributed by atoms with E-state index in [2.05, 4.69) is 0 Å². The minimum atomic E-state index is -1.39. The number of rotatable bonds is 5. The molecule has 0 aromatic heterocycles. The molecule has 3 saturated heterocycles. The number of esters is 2. The van der Waals surface area contributed by atoms with Gasteiger partial charge in [0.15, 0.2) is 24.1 Å². The molecule has 3 heterocycles. The second-order valence-electron chi connectivity index (χ2n) is 13.6. The van der Waals surface area contributed by atoms with E-state index in [1.165, 1.54) is 6.92 Å². The van der Waals surface area contributed by atoms with Gasteiger partial charge in [-0.3, -0.25) is 14.4 Å². The average Bonchev–Trinajstić information content (AvgIpc) is 3.26. The number of ether oxygens (including phenoxy) is 6. The maximum Gasteiger partial charge on any atom is 0.509 e. The summed E-state index contributed by atoms with van der Waals surface area (Å²) >= 11 is 0. The van der Waals surface area contributed by atoms with Crippen molar-refractivity contribution in [1.29, 1.82) is 0 Å². The third kappa shape index (κ3) is 7.57. The van der Waals surface area contributed by atoms with Crippen LogP contribution in [0.2, 0.25) is 0 Å². The van der Waals surface area contributed by atoms with E-state index in [4.69, 9.17) is 28.4 Å². The zero-order valence-corrected chi connectivity index (χ0v) is 28.1. The molecule has 12 nitrogen and oxygen atoms in total. The number of Topliss-reactive ketones (excluding diaryl/α,β-unsaturated/α-hetero) is 1. The molecule has 0 aromatic carbocycles. The van der Waals surface area contributed by atoms with Crippen molar-refractivity contribution in [1.82, 2.24) is 4.90 Å². The second-order valence-corrected chi connectivity index (χ2v) is 13.6. The van der Waals surface area contributed by atoms with Crippen LogP contribution in [0.3, 0.4) is 0 Å². The summed E-state index contributed by atoms with van der Waals surface area (Å²) in [6.07, 6.45) is -5.36. The summed E-state index contributed by atoms with van der Waals surface area (Å²) in [4.78, 5) is 53.7. The normalized spacial score (nSPS) is 44.2. The minimum Gasteiger partial charge on any atom is -0.458 e. The van der Waals surface area contributed by atoms with Crippen molar-refractivity contribution in [3.05, 3.63) is 0 Å². The third-order valence-corrected chi connectivity index (χ3v) is 9.82. The van der Waals surface area contributed by atoms with E-state index in [0.717, 1.165) is 0 Å². The third-order valence-electron chi connectivity index (χ3n) is 9.82. The fraction of sp³-hybridized carbons (Fsp3) is 0.875. The summed E-state index contributed by atoms with van der Waals surface area (Å²) in [6, 6.07) is -0.187. The molecule has 0 saturated carbocycles. The van der Waals surface area contributed by atoms with Crippen LogP contribution in [0.1, 0.15) is 81.6 Å². The average molecular weight is 628 g/mol. The summed E-state index contributed by atoms with van der Waals surface area (Å²) < 4.78 is 35.6. The molecule has 0 spiro atoms. The lowest BCUT2D eigenvalue weighted by Crippen LogP contribution is -2.58. The van der Waals surface area contributed by atoms with Crippen molar-refractivity contribution in [3.63, 3.8) is 0 Å². The summed E-state index contributed by atoms with van der Waals surface area (Å²) in [5.74, 6) is -4.43. The van der Waals surface area contributed by atoms with E-state index in [1.807, 2.05) is 39.8 Å². The molecule has 3 rings (SSSR count). The van der Waals surface area contributed by atoms with Crippen molar-refractivity contribution in [2.45, 2.75) is 136 Å². The van der Waals surface area contributed by atoms with Gasteiger partial charge in [0.05, 0.1) is 36.2 Å². The van der Waals surface area contributed by atoms with Crippen LogP contribution in [0.25, 0.3) is 0 Å². The zero-order chi connectivity index (χ0) is 33.3. The first-order valence-electron chi connectivity index (χ1n) is 15.9. The number of ketones is 1. The van der Waals surface area contributed by atoms with Crippen molar-refractivity contribution in [3.8, 4) is 0 Å². The molecule has 252 valence electrons. The number of aliphatic hydroxyl groups is 1. The summed E-state index contributed by atoms with van der Waals surface area (Å²) in [7, 11) is 3.80. The first-order valence-corrected chi connectivity index (χ1v) is 15.9. The molecule has 0 radical (unpaired) electrons. The Bertz CT molecular complexity index is 1050. The van der Waals surface area contributed by atoms with Gasteiger partial charge >= 0.3 is 18.1 Å². The summed E-state index contributed by atoms with van der Waals surface area (Å²) in [6.45, 7) is 15.5. The number of hydrogen-bond donors (Lipinski definition) is 1. The van der Waals surface area contributed by atoms with E-state index in [9.17, 15) is 24.3 Å². The molecule has 3 aliphatic heterocycles. The Kier molecular flexibility index (Phi) is 11.9. The van der Waals surface area contributed by atoms with Gasteiger partial charge in [-0.05, 0) is 60.0 Å². The Morgan fingerprint density at radius 1 is 1.00 bits per heavy atom. The molecule has 12 heteroatoms. The minimum absolute atomic E-state index is 0.141. The quantitative estimate of drug-likeness (QED) is 0.351. The number of nitrogens with zero attached hydrogens (tertiary/aromatic N) is 1.